The van der Waals surface area contributed by atoms with Gasteiger partial charge in [0.25, 0.3) is 0 Å². The summed E-state index contributed by atoms with van der Waals surface area (Å²) >= 11 is 0. The number of carbonyl (C=O) groups is 2. The van der Waals surface area contributed by atoms with Crippen molar-refractivity contribution in [1.82, 2.24) is 10.6 Å². The summed E-state index contributed by atoms with van der Waals surface area (Å²) in [5.74, 6) is -1.03. The monoisotopic (exact) mass is 280 g/mol. The first-order chi connectivity index (χ1) is 9.63. The summed E-state index contributed by atoms with van der Waals surface area (Å²) in [5, 5.41) is 14.6. The Morgan fingerprint density at radius 1 is 1.30 bits per heavy atom. The molecule has 0 heterocycles. The quantitative estimate of drug-likeness (QED) is 0.566. The Labute approximate surface area is 118 Å². The number of hydrogen-bond donors (Lipinski definition) is 3. The molecular formula is C14H20N2O4. The Morgan fingerprint density at radius 3 is 2.80 bits per heavy atom. The van der Waals surface area contributed by atoms with Crippen LogP contribution in [0.1, 0.15) is 15.9 Å². The fraction of sp³-hybridized carbons (Fsp3) is 0.429. The SMILES string of the molecule is COCCNCC(=O)NCCc1cccc(C(=O)O)c1. The van der Waals surface area contributed by atoms with Crippen molar-refractivity contribution < 1.29 is 19.4 Å². The van der Waals surface area contributed by atoms with Crippen LogP contribution in [0.25, 0.3) is 0 Å². The fourth-order valence-electron chi connectivity index (χ4n) is 1.64. The predicted octanol–water partition coefficient (Wildman–Crippen LogP) is 0.280. The van der Waals surface area contributed by atoms with Crippen LogP contribution in [0, 0.1) is 0 Å². The third-order valence-corrected chi connectivity index (χ3v) is 2.68. The fourth-order valence-corrected chi connectivity index (χ4v) is 1.64. The maximum Gasteiger partial charge on any atom is 0.335 e. The minimum Gasteiger partial charge on any atom is -0.478 e. The highest BCUT2D eigenvalue weighted by Gasteiger charge is 2.04. The van der Waals surface area contributed by atoms with Crippen LogP contribution in [0.2, 0.25) is 0 Å². The molecule has 0 fully saturated rings. The van der Waals surface area contributed by atoms with Crippen molar-refractivity contribution in [2.24, 2.45) is 0 Å². The molecule has 0 aliphatic carbocycles. The van der Waals surface area contributed by atoms with Crippen molar-refractivity contribution in [3.05, 3.63) is 35.4 Å². The summed E-state index contributed by atoms with van der Waals surface area (Å²) in [6, 6.07) is 6.71. The van der Waals surface area contributed by atoms with Crippen LogP contribution in [0.4, 0.5) is 0 Å². The van der Waals surface area contributed by atoms with Crippen LogP contribution in [-0.2, 0) is 16.0 Å². The van der Waals surface area contributed by atoms with Gasteiger partial charge in [0, 0.05) is 20.2 Å². The van der Waals surface area contributed by atoms with Crippen molar-refractivity contribution in [1.29, 1.82) is 0 Å². The van der Waals surface area contributed by atoms with Crippen LogP contribution in [0.3, 0.4) is 0 Å². The maximum atomic E-state index is 11.5. The smallest absolute Gasteiger partial charge is 0.335 e. The first-order valence-electron chi connectivity index (χ1n) is 6.42. The molecule has 110 valence electrons. The topological polar surface area (TPSA) is 87.7 Å². The van der Waals surface area contributed by atoms with E-state index in [2.05, 4.69) is 10.6 Å². The average molecular weight is 280 g/mol. The Hall–Kier alpha value is -1.92. The molecule has 1 rings (SSSR count). The van der Waals surface area contributed by atoms with Gasteiger partial charge < -0.3 is 20.5 Å². The molecule has 0 spiro atoms. The summed E-state index contributed by atoms with van der Waals surface area (Å²) in [6.45, 7) is 1.92. The van der Waals surface area contributed by atoms with Gasteiger partial charge in [-0.1, -0.05) is 12.1 Å². The summed E-state index contributed by atoms with van der Waals surface area (Å²) in [6.07, 6.45) is 0.602. The van der Waals surface area contributed by atoms with Gasteiger partial charge in [0.15, 0.2) is 0 Å². The number of ether oxygens (including phenoxy) is 1. The molecule has 0 atom stereocenters. The second-order valence-electron chi connectivity index (χ2n) is 4.28. The lowest BCUT2D eigenvalue weighted by Gasteiger charge is -2.07. The lowest BCUT2D eigenvalue weighted by Crippen LogP contribution is -2.36. The first kappa shape index (κ1) is 16.1. The molecule has 0 saturated carbocycles. The summed E-state index contributed by atoms with van der Waals surface area (Å²) in [7, 11) is 1.60. The van der Waals surface area contributed by atoms with Crippen LogP contribution in [-0.4, -0.2) is 50.3 Å². The number of carbonyl (C=O) groups excluding carboxylic acids is 1. The molecule has 1 aromatic rings. The first-order valence-corrected chi connectivity index (χ1v) is 6.42. The Morgan fingerprint density at radius 2 is 2.10 bits per heavy atom. The van der Waals surface area contributed by atoms with E-state index in [1.807, 2.05) is 6.07 Å². The second-order valence-corrected chi connectivity index (χ2v) is 4.28. The van der Waals surface area contributed by atoms with E-state index >= 15 is 0 Å². The number of rotatable bonds is 9. The van der Waals surface area contributed by atoms with Gasteiger partial charge in [-0.05, 0) is 24.1 Å². The second kappa shape index (κ2) is 9.06. The lowest BCUT2D eigenvalue weighted by atomic mass is 10.1. The normalized spacial score (nSPS) is 10.2. The maximum absolute atomic E-state index is 11.5. The Kier molecular flexibility index (Phi) is 7.31. The van der Waals surface area contributed by atoms with Crippen LogP contribution in [0.5, 0.6) is 0 Å². The zero-order valence-electron chi connectivity index (χ0n) is 11.5. The largest absolute Gasteiger partial charge is 0.478 e. The predicted molar refractivity (Wildman–Crippen MR) is 74.9 cm³/mol. The van der Waals surface area contributed by atoms with Gasteiger partial charge in [-0.15, -0.1) is 0 Å². The third-order valence-electron chi connectivity index (χ3n) is 2.68. The van der Waals surface area contributed by atoms with Crippen LogP contribution in [0.15, 0.2) is 24.3 Å². The van der Waals surface area contributed by atoms with E-state index in [0.29, 0.717) is 26.1 Å². The molecule has 6 nitrogen and oxygen atoms in total. The molecule has 1 amide bonds. The van der Waals surface area contributed by atoms with Gasteiger partial charge in [-0.3, -0.25) is 4.79 Å². The minimum absolute atomic E-state index is 0.0875. The number of methoxy groups -OCH3 is 1. The van der Waals surface area contributed by atoms with Crippen molar-refractivity contribution in [3.63, 3.8) is 0 Å². The van der Waals surface area contributed by atoms with E-state index < -0.39 is 5.97 Å². The molecule has 0 aromatic heterocycles. The lowest BCUT2D eigenvalue weighted by molar-refractivity contribution is -0.120. The van der Waals surface area contributed by atoms with Gasteiger partial charge >= 0.3 is 5.97 Å². The van der Waals surface area contributed by atoms with E-state index in [4.69, 9.17) is 9.84 Å². The molecule has 0 radical (unpaired) electrons. The van der Waals surface area contributed by atoms with Crippen molar-refractivity contribution in [2.75, 3.05) is 33.4 Å². The zero-order valence-corrected chi connectivity index (χ0v) is 11.5. The molecule has 0 unspecified atom stereocenters. The zero-order chi connectivity index (χ0) is 14.8. The standard InChI is InChI=1S/C14H20N2O4/c1-20-8-7-15-10-13(17)16-6-5-11-3-2-4-12(9-11)14(18)19/h2-4,9,15H,5-8,10H2,1H3,(H,16,17)(H,18,19). The molecule has 0 aliphatic rings. The van der Waals surface area contributed by atoms with Gasteiger partial charge in [-0.25, -0.2) is 4.79 Å². The van der Waals surface area contributed by atoms with Crippen molar-refractivity contribution in [3.8, 4) is 0 Å². The number of amides is 1. The third kappa shape index (κ3) is 6.31. The highest BCUT2D eigenvalue weighted by molar-refractivity contribution is 5.87. The Balaban J connectivity index is 2.25. The number of nitrogens with one attached hydrogen (secondary N) is 2. The molecule has 1 aromatic carbocycles. The average Bonchev–Trinajstić information content (AvgIpc) is 2.44. The highest BCUT2D eigenvalue weighted by atomic mass is 16.5. The van der Waals surface area contributed by atoms with E-state index in [1.54, 1.807) is 25.3 Å². The number of benzene rings is 1. The van der Waals surface area contributed by atoms with E-state index in [-0.39, 0.29) is 18.0 Å². The van der Waals surface area contributed by atoms with Crippen molar-refractivity contribution >= 4 is 11.9 Å². The summed E-state index contributed by atoms with van der Waals surface area (Å²) < 4.78 is 4.85. The number of carboxylic acid groups (broad SMARTS) is 1. The molecule has 6 heteroatoms. The van der Waals surface area contributed by atoms with Gasteiger partial charge in [0.05, 0.1) is 18.7 Å². The molecule has 0 bridgehead atoms. The van der Waals surface area contributed by atoms with Crippen LogP contribution < -0.4 is 10.6 Å². The minimum atomic E-state index is -0.946. The number of aromatic carboxylic acids is 1. The molecule has 0 saturated heterocycles. The van der Waals surface area contributed by atoms with Gasteiger partial charge in [-0.2, -0.15) is 0 Å². The Bertz CT molecular complexity index is 449. The molecule has 20 heavy (non-hydrogen) atoms. The summed E-state index contributed by atoms with van der Waals surface area (Å²) in [4.78, 5) is 22.3. The van der Waals surface area contributed by atoms with Gasteiger partial charge in [0.2, 0.25) is 5.91 Å². The molecule has 0 aliphatic heterocycles. The molecule has 3 N–H and O–H groups in total. The van der Waals surface area contributed by atoms with Gasteiger partial charge in [0.1, 0.15) is 0 Å². The highest BCUT2D eigenvalue weighted by Crippen LogP contribution is 2.05. The summed E-state index contributed by atoms with van der Waals surface area (Å²) in [5.41, 5.74) is 1.15. The van der Waals surface area contributed by atoms with E-state index in [9.17, 15) is 9.59 Å². The van der Waals surface area contributed by atoms with E-state index in [0.717, 1.165) is 5.56 Å². The van der Waals surface area contributed by atoms with Crippen LogP contribution >= 0.6 is 0 Å². The number of carboxylic acids is 1. The number of hydrogen-bond acceptors (Lipinski definition) is 4. The molecular weight excluding hydrogens is 260 g/mol. The van der Waals surface area contributed by atoms with Crippen molar-refractivity contribution in [2.45, 2.75) is 6.42 Å². The van der Waals surface area contributed by atoms with E-state index in [1.165, 1.54) is 0 Å².